The molecule has 2 aromatic carbocycles. The number of halogens is 4. The topological polar surface area (TPSA) is 84.2 Å². The Morgan fingerprint density at radius 3 is 2.59 bits per heavy atom. The van der Waals surface area contributed by atoms with E-state index in [9.17, 15) is 22.4 Å². The molecule has 176 valence electrons. The summed E-state index contributed by atoms with van der Waals surface area (Å²) in [4.78, 5) is 22.2. The van der Waals surface area contributed by atoms with E-state index in [0.717, 1.165) is 16.4 Å². The lowest BCUT2D eigenvalue weighted by Crippen LogP contribution is -2.32. The summed E-state index contributed by atoms with van der Waals surface area (Å²) in [6, 6.07) is 12.0. The maximum Gasteiger partial charge on any atom is 0.471 e. The molecule has 0 bridgehead atoms. The molecule has 0 saturated carbocycles. The number of anilines is 1. The lowest BCUT2D eigenvalue weighted by Gasteiger charge is -2.16. The summed E-state index contributed by atoms with van der Waals surface area (Å²) in [7, 11) is 1.83. The molecule has 12 heteroatoms. The second-order valence-corrected chi connectivity index (χ2v) is 8.04. The van der Waals surface area contributed by atoms with E-state index >= 15 is 0 Å². The molecule has 7 nitrogen and oxygen atoms in total. The number of hydrogen-bond donors (Lipinski definition) is 1. The lowest BCUT2D eigenvalue weighted by atomic mass is 10.1. The molecule has 0 fully saturated rings. The van der Waals surface area contributed by atoms with Gasteiger partial charge in [-0.3, -0.25) is 4.79 Å². The first-order valence-corrected chi connectivity index (χ1v) is 10.8. The summed E-state index contributed by atoms with van der Waals surface area (Å²) in [5.74, 6) is -2.44. The number of nitrogens with zero attached hydrogens (tertiary/aromatic N) is 4. The number of carbonyl (C=O) groups excluding carboxylic acids is 1. The molecular weight excluding hydrogens is 474 g/mol. The molecule has 34 heavy (non-hydrogen) atoms. The van der Waals surface area contributed by atoms with Crippen LogP contribution in [0.3, 0.4) is 0 Å². The minimum Gasteiger partial charge on any atom is -0.350 e. The second kappa shape index (κ2) is 9.59. The van der Waals surface area contributed by atoms with Crippen LogP contribution < -0.4 is 10.2 Å². The van der Waals surface area contributed by atoms with Gasteiger partial charge in [-0.25, -0.2) is 9.37 Å². The largest absolute Gasteiger partial charge is 0.471 e. The van der Waals surface area contributed by atoms with Crippen LogP contribution in [0.1, 0.15) is 16.2 Å². The van der Waals surface area contributed by atoms with Crippen molar-refractivity contribution in [1.82, 2.24) is 20.4 Å². The number of carbonyl (C=O) groups is 1. The normalized spacial score (nSPS) is 11.4. The van der Waals surface area contributed by atoms with Crippen LogP contribution in [0.4, 0.5) is 22.7 Å². The van der Waals surface area contributed by atoms with Crippen molar-refractivity contribution in [1.29, 1.82) is 0 Å². The Morgan fingerprint density at radius 1 is 1.12 bits per heavy atom. The quantitative estimate of drug-likeness (QED) is 0.371. The third-order valence-electron chi connectivity index (χ3n) is 4.74. The van der Waals surface area contributed by atoms with Crippen molar-refractivity contribution in [3.8, 4) is 22.6 Å². The van der Waals surface area contributed by atoms with Gasteiger partial charge in [0.2, 0.25) is 5.82 Å². The summed E-state index contributed by atoms with van der Waals surface area (Å²) in [6.45, 7) is 0.757. The van der Waals surface area contributed by atoms with E-state index in [1.807, 2.05) is 17.3 Å². The van der Waals surface area contributed by atoms with Crippen molar-refractivity contribution in [2.24, 2.45) is 0 Å². The number of aromatic nitrogens is 3. The van der Waals surface area contributed by atoms with E-state index in [-0.39, 0.29) is 22.8 Å². The molecule has 1 amide bonds. The molecule has 2 heterocycles. The van der Waals surface area contributed by atoms with Gasteiger partial charge in [0.05, 0.1) is 5.69 Å². The predicted octanol–water partition coefficient (Wildman–Crippen LogP) is 4.88. The van der Waals surface area contributed by atoms with E-state index in [1.54, 1.807) is 12.1 Å². The number of amides is 1. The van der Waals surface area contributed by atoms with Crippen LogP contribution in [0.5, 0.6) is 0 Å². The summed E-state index contributed by atoms with van der Waals surface area (Å²) in [6.07, 6.45) is -4.75. The highest BCUT2D eigenvalue weighted by Crippen LogP contribution is 2.29. The number of likely N-dealkylation sites (N-methyl/N-ethyl adjacent to an activating group) is 1. The molecule has 1 N–H and O–H groups in total. The molecule has 0 saturated heterocycles. The molecule has 2 aromatic heterocycles. The number of alkyl halides is 3. The smallest absolute Gasteiger partial charge is 0.350 e. The average molecular weight is 491 g/mol. The fourth-order valence-electron chi connectivity index (χ4n) is 2.98. The van der Waals surface area contributed by atoms with Gasteiger partial charge < -0.3 is 14.7 Å². The molecular formula is C22H17F4N5O2S. The Kier molecular flexibility index (Phi) is 6.59. The number of nitrogens with one attached hydrogen (secondary N) is 1. The predicted molar refractivity (Wildman–Crippen MR) is 118 cm³/mol. The fraction of sp³-hybridized carbons (Fsp3) is 0.182. The van der Waals surface area contributed by atoms with Crippen molar-refractivity contribution in [2.45, 2.75) is 6.18 Å². The van der Waals surface area contributed by atoms with E-state index < -0.39 is 18.0 Å². The van der Waals surface area contributed by atoms with Crippen molar-refractivity contribution in [2.75, 3.05) is 25.0 Å². The molecule has 0 aliphatic carbocycles. The third-order valence-corrected chi connectivity index (χ3v) is 5.70. The van der Waals surface area contributed by atoms with Crippen molar-refractivity contribution in [3.05, 3.63) is 71.2 Å². The minimum atomic E-state index is -4.75. The van der Waals surface area contributed by atoms with E-state index in [2.05, 4.69) is 25.0 Å². The molecule has 0 aliphatic heterocycles. The van der Waals surface area contributed by atoms with E-state index in [4.69, 9.17) is 0 Å². The summed E-state index contributed by atoms with van der Waals surface area (Å²) < 4.78 is 55.4. The van der Waals surface area contributed by atoms with Gasteiger partial charge in [-0.15, -0.1) is 11.3 Å². The second-order valence-electron chi connectivity index (χ2n) is 7.20. The summed E-state index contributed by atoms with van der Waals surface area (Å²) in [5.41, 5.74) is 1.99. The van der Waals surface area contributed by atoms with Crippen molar-refractivity contribution >= 4 is 22.4 Å². The van der Waals surface area contributed by atoms with Gasteiger partial charge in [0, 0.05) is 42.2 Å². The Hall–Kier alpha value is -3.80. The standard InChI is InChI=1S/C22H17F4N5O2S/c1-31(21-28-17(12-34-21)13-5-7-16(23)8-6-13)10-9-27-19(32)15-4-2-3-14(11-15)18-29-20(33-30-18)22(24,25)26/h2-8,11-12H,9-10H2,1H3,(H,27,32). The molecule has 4 rings (SSSR count). The van der Waals surface area contributed by atoms with Gasteiger partial charge in [0.25, 0.3) is 5.91 Å². The third kappa shape index (κ3) is 5.39. The summed E-state index contributed by atoms with van der Waals surface area (Å²) >= 11 is 1.42. The van der Waals surface area contributed by atoms with Gasteiger partial charge >= 0.3 is 12.1 Å². The van der Waals surface area contributed by atoms with Gasteiger partial charge in [-0.05, 0) is 36.4 Å². The zero-order valence-corrected chi connectivity index (χ0v) is 18.5. The molecule has 0 radical (unpaired) electrons. The SMILES string of the molecule is CN(CCNC(=O)c1cccc(-c2noc(C(F)(F)F)n2)c1)c1nc(-c2ccc(F)cc2)cs1. The first-order valence-electron chi connectivity index (χ1n) is 9.93. The Labute approximate surface area is 195 Å². The maximum atomic E-state index is 13.1. The van der Waals surface area contributed by atoms with Gasteiger partial charge in [-0.1, -0.05) is 17.3 Å². The molecule has 0 spiro atoms. The monoisotopic (exact) mass is 491 g/mol. The van der Waals surface area contributed by atoms with Crippen LogP contribution >= 0.6 is 11.3 Å². The number of hydrogen-bond acceptors (Lipinski definition) is 7. The first-order chi connectivity index (χ1) is 16.2. The molecule has 4 aromatic rings. The van der Waals surface area contributed by atoms with Crippen LogP contribution in [0.15, 0.2) is 58.4 Å². The molecule has 0 aliphatic rings. The highest BCUT2D eigenvalue weighted by Gasteiger charge is 2.38. The first kappa shape index (κ1) is 23.4. The molecule has 0 unspecified atom stereocenters. The zero-order chi connectivity index (χ0) is 24.3. The van der Waals surface area contributed by atoms with Crippen LogP contribution in [0, 0.1) is 5.82 Å². The number of thiazole rings is 1. The summed E-state index contributed by atoms with van der Waals surface area (Å²) in [5, 5.41) is 8.69. The van der Waals surface area contributed by atoms with Crippen molar-refractivity contribution in [3.63, 3.8) is 0 Å². The zero-order valence-electron chi connectivity index (χ0n) is 17.6. The minimum absolute atomic E-state index is 0.222. The van der Waals surface area contributed by atoms with Crippen molar-refractivity contribution < 1.29 is 26.9 Å². The highest BCUT2D eigenvalue weighted by molar-refractivity contribution is 7.14. The highest BCUT2D eigenvalue weighted by atomic mass is 32.1. The average Bonchev–Trinajstić information content (AvgIpc) is 3.50. The maximum absolute atomic E-state index is 13.1. The van der Waals surface area contributed by atoms with Gasteiger partial charge in [0.1, 0.15) is 5.82 Å². The van der Waals surface area contributed by atoms with E-state index in [0.29, 0.717) is 13.1 Å². The Bertz CT molecular complexity index is 1290. The molecule has 0 atom stereocenters. The van der Waals surface area contributed by atoms with Gasteiger partial charge in [-0.2, -0.15) is 18.2 Å². The van der Waals surface area contributed by atoms with Crippen LogP contribution in [-0.4, -0.2) is 41.2 Å². The number of rotatable bonds is 7. The van der Waals surface area contributed by atoms with Crippen LogP contribution in [-0.2, 0) is 6.18 Å². The van der Waals surface area contributed by atoms with Crippen LogP contribution in [0.25, 0.3) is 22.6 Å². The van der Waals surface area contributed by atoms with Crippen LogP contribution in [0.2, 0.25) is 0 Å². The Morgan fingerprint density at radius 2 is 1.88 bits per heavy atom. The fourth-order valence-corrected chi connectivity index (χ4v) is 3.81. The lowest BCUT2D eigenvalue weighted by molar-refractivity contribution is -0.159. The van der Waals surface area contributed by atoms with Gasteiger partial charge in [0.15, 0.2) is 5.13 Å². The Balaban J connectivity index is 1.34. The number of benzene rings is 2. The van der Waals surface area contributed by atoms with E-state index in [1.165, 1.54) is 47.7 Å².